The third kappa shape index (κ3) is 1.88. The topological polar surface area (TPSA) is 0 Å². The quantitative estimate of drug-likeness (QED) is 0.705. The van der Waals surface area contributed by atoms with Crippen molar-refractivity contribution in [3.05, 3.63) is 20.3 Å². The number of halogens is 3. The lowest BCUT2D eigenvalue weighted by atomic mass is 10.5. The van der Waals surface area contributed by atoms with Gasteiger partial charge in [0.05, 0.1) is 11.8 Å². The highest BCUT2D eigenvalue weighted by Gasteiger charge is 2.03. The molecule has 0 aliphatic carbocycles. The van der Waals surface area contributed by atoms with Gasteiger partial charge in [-0.2, -0.15) is 0 Å². The van der Waals surface area contributed by atoms with E-state index >= 15 is 0 Å². The van der Waals surface area contributed by atoms with Crippen LogP contribution in [0, 0.1) is 0 Å². The van der Waals surface area contributed by atoms with Crippen molar-refractivity contribution in [2.45, 2.75) is 11.8 Å². The molecule has 56 valence electrons. The predicted molar refractivity (Wildman–Crippen MR) is 51.1 cm³/mol. The Kier molecular flexibility index (Phi) is 3.50. The molecule has 0 aliphatic heterocycles. The third-order valence-corrected chi connectivity index (χ3v) is 4.04. The van der Waals surface area contributed by atoms with Crippen LogP contribution in [0.3, 0.4) is 0 Å². The van der Waals surface area contributed by atoms with Gasteiger partial charge in [0.15, 0.2) is 0 Å². The zero-order valence-corrected chi connectivity index (χ0v) is 8.95. The van der Waals surface area contributed by atoms with Crippen molar-refractivity contribution >= 4 is 50.5 Å². The van der Waals surface area contributed by atoms with Crippen LogP contribution in [-0.4, -0.2) is 0 Å². The second-order valence-electron chi connectivity index (χ2n) is 1.75. The summed E-state index contributed by atoms with van der Waals surface area (Å²) in [6.07, 6.45) is 0. The van der Waals surface area contributed by atoms with Crippen LogP contribution in [0.25, 0.3) is 0 Å². The first kappa shape index (κ1) is 8.85. The molecular weight excluding hydrogens is 255 g/mol. The van der Waals surface area contributed by atoms with Crippen molar-refractivity contribution in [2.24, 2.45) is 0 Å². The van der Waals surface area contributed by atoms with Gasteiger partial charge in [0, 0.05) is 14.2 Å². The Morgan fingerprint density at radius 1 is 1.40 bits per heavy atom. The maximum Gasteiger partial charge on any atom is 0.0579 e. The Morgan fingerprint density at radius 2 is 2.10 bits per heavy atom. The number of thiophene rings is 1. The lowest BCUT2D eigenvalue weighted by Crippen LogP contribution is -1.64. The lowest BCUT2D eigenvalue weighted by Gasteiger charge is -1.84. The van der Waals surface area contributed by atoms with Crippen LogP contribution in [0.4, 0.5) is 0 Å². The van der Waals surface area contributed by atoms with Crippen LogP contribution in [0.5, 0.6) is 0 Å². The molecule has 0 amide bonds. The van der Waals surface area contributed by atoms with Gasteiger partial charge < -0.3 is 0 Å². The maximum atomic E-state index is 5.64. The number of alkyl halides is 2. The van der Waals surface area contributed by atoms with E-state index in [0.717, 1.165) is 14.2 Å². The van der Waals surface area contributed by atoms with Gasteiger partial charge >= 0.3 is 0 Å². The molecule has 0 N–H and O–H groups in total. The number of hydrogen-bond acceptors (Lipinski definition) is 1. The second kappa shape index (κ2) is 3.96. The minimum Gasteiger partial charge on any atom is -0.142 e. The molecule has 10 heavy (non-hydrogen) atoms. The molecule has 1 aromatic rings. The van der Waals surface area contributed by atoms with Crippen LogP contribution >= 0.6 is 50.5 Å². The van der Waals surface area contributed by atoms with Gasteiger partial charge in [0.1, 0.15) is 0 Å². The standard InChI is InChI=1S/C6H5BrCl2S/c7-5-1-4(2-8)10-6(5)3-9/h1H,2-3H2. The van der Waals surface area contributed by atoms with Crippen LogP contribution in [0.15, 0.2) is 10.5 Å². The van der Waals surface area contributed by atoms with Crippen molar-refractivity contribution in [3.63, 3.8) is 0 Å². The molecule has 4 heteroatoms. The van der Waals surface area contributed by atoms with E-state index in [4.69, 9.17) is 23.2 Å². The summed E-state index contributed by atoms with van der Waals surface area (Å²) >= 11 is 16.3. The Bertz CT molecular complexity index is 222. The summed E-state index contributed by atoms with van der Waals surface area (Å²) in [5, 5.41) is 0. The molecule has 0 aliphatic rings. The van der Waals surface area contributed by atoms with Gasteiger partial charge in [-0.1, -0.05) is 0 Å². The summed E-state index contributed by atoms with van der Waals surface area (Å²) in [5.74, 6) is 1.13. The summed E-state index contributed by atoms with van der Waals surface area (Å²) in [4.78, 5) is 2.31. The SMILES string of the molecule is ClCc1cc(Br)c(CCl)s1. The Labute approximate surface area is 82.3 Å². The molecule has 0 unspecified atom stereocenters. The molecule has 0 fully saturated rings. The molecule has 1 heterocycles. The summed E-state index contributed by atoms with van der Waals surface area (Å²) in [5.41, 5.74) is 0. The monoisotopic (exact) mass is 258 g/mol. The minimum atomic E-state index is 0.558. The van der Waals surface area contributed by atoms with E-state index < -0.39 is 0 Å². The van der Waals surface area contributed by atoms with Crippen LogP contribution in [0.1, 0.15) is 9.75 Å². The van der Waals surface area contributed by atoms with E-state index in [0.29, 0.717) is 11.8 Å². The number of hydrogen-bond donors (Lipinski definition) is 0. The summed E-state index contributed by atoms with van der Waals surface area (Å²) < 4.78 is 1.07. The fraction of sp³-hybridized carbons (Fsp3) is 0.333. The number of rotatable bonds is 2. The van der Waals surface area contributed by atoms with E-state index in [1.54, 1.807) is 11.3 Å². The summed E-state index contributed by atoms with van der Waals surface area (Å²) in [6.45, 7) is 0. The highest BCUT2D eigenvalue weighted by molar-refractivity contribution is 9.10. The van der Waals surface area contributed by atoms with E-state index in [2.05, 4.69) is 15.9 Å². The zero-order valence-electron chi connectivity index (χ0n) is 5.03. The normalized spacial score (nSPS) is 10.3. The van der Waals surface area contributed by atoms with Gasteiger partial charge in [-0.25, -0.2) is 0 Å². The van der Waals surface area contributed by atoms with Crippen molar-refractivity contribution in [1.29, 1.82) is 0 Å². The first-order valence-electron chi connectivity index (χ1n) is 2.67. The predicted octanol–water partition coefficient (Wildman–Crippen LogP) is 3.99. The Hall–Kier alpha value is 0.760. The van der Waals surface area contributed by atoms with E-state index in [9.17, 15) is 0 Å². The van der Waals surface area contributed by atoms with Gasteiger partial charge in [0.2, 0.25) is 0 Å². The minimum absolute atomic E-state index is 0.558. The van der Waals surface area contributed by atoms with Crippen LogP contribution in [-0.2, 0) is 11.8 Å². The first-order valence-corrected chi connectivity index (χ1v) is 5.34. The summed E-state index contributed by atoms with van der Waals surface area (Å²) in [6, 6.07) is 2.01. The molecule has 1 rings (SSSR count). The molecule has 0 radical (unpaired) electrons. The van der Waals surface area contributed by atoms with E-state index in [1.165, 1.54) is 0 Å². The highest BCUT2D eigenvalue weighted by Crippen LogP contribution is 2.29. The molecule has 0 spiro atoms. The Morgan fingerprint density at radius 3 is 2.40 bits per heavy atom. The third-order valence-electron chi connectivity index (χ3n) is 1.06. The molecule has 0 nitrogen and oxygen atoms in total. The highest BCUT2D eigenvalue weighted by atomic mass is 79.9. The lowest BCUT2D eigenvalue weighted by molar-refractivity contribution is 1.48. The molecule has 0 saturated heterocycles. The molecular formula is C6H5BrCl2S. The Balaban J connectivity index is 2.92. The summed E-state index contributed by atoms with van der Waals surface area (Å²) in [7, 11) is 0. The van der Waals surface area contributed by atoms with E-state index in [-0.39, 0.29) is 0 Å². The second-order valence-corrected chi connectivity index (χ2v) is 4.36. The largest absolute Gasteiger partial charge is 0.142 e. The van der Waals surface area contributed by atoms with Gasteiger partial charge in [-0.3, -0.25) is 0 Å². The van der Waals surface area contributed by atoms with Crippen molar-refractivity contribution in [3.8, 4) is 0 Å². The van der Waals surface area contributed by atoms with Crippen LogP contribution in [0.2, 0.25) is 0 Å². The molecule has 0 aromatic carbocycles. The van der Waals surface area contributed by atoms with Gasteiger partial charge in [-0.15, -0.1) is 34.5 Å². The average molecular weight is 260 g/mol. The van der Waals surface area contributed by atoms with Gasteiger partial charge in [0.25, 0.3) is 0 Å². The molecule has 0 saturated carbocycles. The van der Waals surface area contributed by atoms with Crippen molar-refractivity contribution in [2.75, 3.05) is 0 Å². The van der Waals surface area contributed by atoms with Crippen LogP contribution < -0.4 is 0 Å². The van der Waals surface area contributed by atoms with Crippen molar-refractivity contribution in [1.82, 2.24) is 0 Å². The fourth-order valence-electron chi connectivity index (χ4n) is 0.615. The molecule has 1 aromatic heterocycles. The average Bonchev–Trinajstić information content (AvgIpc) is 2.30. The zero-order chi connectivity index (χ0) is 7.56. The maximum absolute atomic E-state index is 5.64. The molecule has 0 atom stereocenters. The smallest absolute Gasteiger partial charge is 0.0579 e. The van der Waals surface area contributed by atoms with Gasteiger partial charge in [-0.05, 0) is 22.0 Å². The molecule has 0 bridgehead atoms. The van der Waals surface area contributed by atoms with Crippen molar-refractivity contribution < 1.29 is 0 Å². The van der Waals surface area contributed by atoms with E-state index in [1.807, 2.05) is 6.07 Å². The fourth-order valence-corrected chi connectivity index (χ4v) is 2.89. The first-order chi connectivity index (χ1) is 4.77.